The summed E-state index contributed by atoms with van der Waals surface area (Å²) in [4.78, 5) is 2.60. The van der Waals surface area contributed by atoms with Crippen LogP contribution in [-0.4, -0.2) is 24.0 Å². The van der Waals surface area contributed by atoms with Gasteiger partial charge in [0.05, 0.1) is 0 Å². The molecule has 0 heterocycles. The van der Waals surface area contributed by atoms with Crippen LogP contribution in [-0.2, 0) is 0 Å². The SMILES string of the molecule is CCN(CC(N)c1ccc(C(C)C)cc1)C1CCCCC1. The zero-order valence-corrected chi connectivity index (χ0v) is 14.0. The second-order valence-electron chi connectivity index (χ2n) is 6.81. The summed E-state index contributed by atoms with van der Waals surface area (Å²) in [6.07, 6.45) is 6.90. The number of hydrogen-bond acceptors (Lipinski definition) is 2. The van der Waals surface area contributed by atoms with Gasteiger partial charge in [0, 0.05) is 18.6 Å². The Morgan fingerprint density at radius 2 is 1.62 bits per heavy atom. The fraction of sp³-hybridized carbons (Fsp3) is 0.684. The maximum Gasteiger partial charge on any atom is 0.0424 e. The fourth-order valence-corrected chi connectivity index (χ4v) is 3.47. The normalized spacial score (nSPS) is 18.4. The lowest BCUT2D eigenvalue weighted by Crippen LogP contribution is -2.41. The molecule has 0 saturated heterocycles. The standard InChI is InChI=1S/C19H32N2/c1-4-21(18-8-6-5-7-9-18)14-19(20)17-12-10-16(11-13-17)15(2)3/h10-13,15,18-19H,4-9,14,20H2,1-3H3. The first kappa shape index (κ1) is 16.5. The number of nitrogens with zero attached hydrogens (tertiary/aromatic N) is 1. The molecule has 2 heteroatoms. The Morgan fingerprint density at radius 1 is 1.05 bits per heavy atom. The van der Waals surface area contributed by atoms with E-state index in [1.165, 1.54) is 43.2 Å². The minimum absolute atomic E-state index is 0.132. The third-order valence-corrected chi connectivity index (χ3v) is 4.96. The lowest BCUT2D eigenvalue weighted by Gasteiger charge is -2.35. The molecule has 1 atom stereocenters. The van der Waals surface area contributed by atoms with Crippen molar-refractivity contribution < 1.29 is 0 Å². The Labute approximate surface area is 130 Å². The molecule has 1 aliphatic rings. The molecule has 0 aliphatic heterocycles. The zero-order valence-electron chi connectivity index (χ0n) is 14.0. The number of rotatable bonds is 6. The molecule has 2 rings (SSSR count). The largest absolute Gasteiger partial charge is 0.323 e. The highest BCUT2D eigenvalue weighted by Gasteiger charge is 2.21. The van der Waals surface area contributed by atoms with Gasteiger partial charge < -0.3 is 5.73 Å². The predicted octanol–water partition coefficient (Wildman–Crippen LogP) is 4.46. The highest BCUT2D eigenvalue weighted by atomic mass is 15.2. The number of likely N-dealkylation sites (N-methyl/N-ethyl adjacent to an activating group) is 1. The van der Waals surface area contributed by atoms with Crippen LogP contribution in [0.25, 0.3) is 0 Å². The van der Waals surface area contributed by atoms with Gasteiger partial charge >= 0.3 is 0 Å². The highest BCUT2D eigenvalue weighted by Crippen LogP contribution is 2.24. The van der Waals surface area contributed by atoms with E-state index in [0.717, 1.165) is 19.1 Å². The van der Waals surface area contributed by atoms with Gasteiger partial charge in [-0.05, 0) is 36.4 Å². The third-order valence-electron chi connectivity index (χ3n) is 4.96. The molecular formula is C19H32N2. The Morgan fingerprint density at radius 3 is 2.14 bits per heavy atom. The quantitative estimate of drug-likeness (QED) is 0.837. The minimum atomic E-state index is 0.132. The van der Waals surface area contributed by atoms with E-state index < -0.39 is 0 Å². The summed E-state index contributed by atoms with van der Waals surface area (Å²) in [5.74, 6) is 0.588. The highest BCUT2D eigenvalue weighted by molar-refractivity contribution is 5.26. The minimum Gasteiger partial charge on any atom is -0.323 e. The van der Waals surface area contributed by atoms with E-state index in [2.05, 4.69) is 49.9 Å². The second-order valence-corrected chi connectivity index (χ2v) is 6.81. The van der Waals surface area contributed by atoms with E-state index in [1.54, 1.807) is 0 Å². The zero-order chi connectivity index (χ0) is 15.2. The van der Waals surface area contributed by atoms with Gasteiger partial charge in [0.15, 0.2) is 0 Å². The van der Waals surface area contributed by atoms with Gasteiger partial charge in [0.25, 0.3) is 0 Å². The molecule has 0 amide bonds. The van der Waals surface area contributed by atoms with E-state index in [1.807, 2.05) is 0 Å². The van der Waals surface area contributed by atoms with Crippen molar-refractivity contribution in [2.24, 2.45) is 5.73 Å². The van der Waals surface area contributed by atoms with Crippen molar-refractivity contribution in [3.8, 4) is 0 Å². The van der Waals surface area contributed by atoms with Crippen LogP contribution in [0.15, 0.2) is 24.3 Å². The van der Waals surface area contributed by atoms with Crippen LogP contribution >= 0.6 is 0 Å². The lowest BCUT2D eigenvalue weighted by molar-refractivity contribution is 0.155. The van der Waals surface area contributed by atoms with Crippen molar-refractivity contribution in [3.63, 3.8) is 0 Å². The molecule has 1 aliphatic carbocycles. The molecule has 1 saturated carbocycles. The molecule has 1 fully saturated rings. The molecule has 0 spiro atoms. The van der Waals surface area contributed by atoms with Crippen LogP contribution in [0.2, 0.25) is 0 Å². The van der Waals surface area contributed by atoms with E-state index in [4.69, 9.17) is 5.73 Å². The van der Waals surface area contributed by atoms with Crippen LogP contribution < -0.4 is 5.73 Å². The summed E-state index contributed by atoms with van der Waals surface area (Å²) < 4.78 is 0. The smallest absolute Gasteiger partial charge is 0.0424 e. The molecule has 0 radical (unpaired) electrons. The number of benzene rings is 1. The second kappa shape index (κ2) is 7.95. The van der Waals surface area contributed by atoms with Gasteiger partial charge in [-0.3, -0.25) is 4.90 Å². The molecule has 2 nitrogen and oxygen atoms in total. The first-order valence-electron chi connectivity index (χ1n) is 8.71. The Hall–Kier alpha value is -0.860. The van der Waals surface area contributed by atoms with Crippen LogP contribution in [0.3, 0.4) is 0 Å². The van der Waals surface area contributed by atoms with Crippen molar-refractivity contribution >= 4 is 0 Å². The predicted molar refractivity (Wildman–Crippen MR) is 91.6 cm³/mol. The van der Waals surface area contributed by atoms with Gasteiger partial charge in [-0.2, -0.15) is 0 Å². The number of hydrogen-bond donors (Lipinski definition) is 1. The van der Waals surface area contributed by atoms with Crippen molar-refractivity contribution in [1.82, 2.24) is 4.90 Å². The lowest BCUT2D eigenvalue weighted by atomic mass is 9.93. The van der Waals surface area contributed by atoms with Crippen molar-refractivity contribution in [1.29, 1.82) is 0 Å². The summed E-state index contributed by atoms with van der Waals surface area (Å²) in [5.41, 5.74) is 9.13. The molecule has 0 bridgehead atoms. The Balaban J connectivity index is 1.96. The summed E-state index contributed by atoms with van der Waals surface area (Å²) in [7, 11) is 0. The molecule has 0 aromatic heterocycles. The van der Waals surface area contributed by atoms with Crippen molar-refractivity contribution in [2.75, 3.05) is 13.1 Å². The fourth-order valence-electron chi connectivity index (χ4n) is 3.47. The van der Waals surface area contributed by atoms with Gasteiger partial charge in [-0.1, -0.05) is 64.3 Å². The van der Waals surface area contributed by atoms with E-state index in [0.29, 0.717) is 5.92 Å². The van der Waals surface area contributed by atoms with E-state index in [9.17, 15) is 0 Å². The van der Waals surface area contributed by atoms with Gasteiger partial charge in [0.1, 0.15) is 0 Å². The molecule has 1 unspecified atom stereocenters. The average Bonchev–Trinajstić information content (AvgIpc) is 2.53. The van der Waals surface area contributed by atoms with Gasteiger partial charge in [-0.15, -0.1) is 0 Å². The van der Waals surface area contributed by atoms with Gasteiger partial charge in [-0.25, -0.2) is 0 Å². The van der Waals surface area contributed by atoms with Crippen molar-refractivity contribution in [3.05, 3.63) is 35.4 Å². The summed E-state index contributed by atoms with van der Waals surface area (Å²) >= 11 is 0. The molecule has 1 aromatic rings. The molecule has 2 N–H and O–H groups in total. The Bertz CT molecular complexity index is 404. The van der Waals surface area contributed by atoms with Crippen LogP contribution in [0.4, 0.5) is 0 Å². The average molecular weight is 288 g/mol. The molecule has 118 valence electrons. The summed E-state index contributed by atoms with van der Waals surface area (Å²) in [6.45, 7) is 8.83. The Kier molecular flexibility index (Phi) is 6.25. The molecular weight excluding hydrogens is 256 g/mol. The summed E-state index contributed by atoms with van der Waals surface area (Å²) in [5, 5.41) is 0. The van der Waals surface area contributed by atoms with Gasteiger partial charge in [0.2, 0.25) is 0 Å². The molecule has 21 heavy (non-hydrogen) atoms. The topological polar surface area (TPSA) is 29.3 Å². The monoisotopic (exact) mass is 288 g/mol. The van der Waals surface area contributed by atoms with Crippen LogP contribution in [0.1, 0.15) is 76.0 Å². The maximum atomic E-state index is 6.46. The third kappa shape index (κ3) is 4.55. The first-order valence-corrected chi connectivity index (χ1v) is 8.71. The van der Waals surface area contributed by atoms with Crippen LogP contribution in [0, 0.1) is 0 Å². The van der Waals surface area contributed by atoms with E-state index >= 15 is 0 Å². The number of nitrogens with two attached hydrogens (primary N) is 1. The first-order chi connectivity index (χ1) is 10.1. The molecule has 1 aromatic carbocycles. The van der Waals surface area contributed by atoms with Crippen molar-refractivity contribution in [2.45, 2.75) is 70.9 Å². The van der Waals surface area contributed by atoms with Crippen LogP contribution in [0.5, 0.6) is 0 Å². The summed E-state index contributed by atoms with van der Waals surface area (Å²) in [6, 6.07) is 9.79. The van der Waals surface area contributed by atoms with E-state index in [-0.39, 0.29) is 6.04 Å². The maximum absolute atomic E-state index is 6.46.